The average molecular weight is 325 g/mol. The average Bonchev–Trinajstić information content (AvgIpc) is 2.28. The summed E-state index contributed by atoms with van der Waals surface area (Å²) in [6, 6.07) is 2.78. The van der Waals surface area contributed by atoms with Gasteiger partial charge in [0.25, 0.3) is 0 Å². The lowest BCUT2D eigenvalue weighted by Crippen LogP contribution is -2.36. The van der Waals surface area contributed by atoms with Crippen LogP contribution in [-0.2, 0) is 16.6 Å². The van der Waals surface area contributed by atoms with Gasteiger partial charge >= 0.3 is 0 Å². The Morgan fingerprint density at radius 1 is 1.32 bits per heavy atom. The minimum atomic E-state index is -3.64. The van der Waals surface area contributed by atoms with Gasteiger partial charge in [-0.05, 0) is 26.0 Å². The fourth-order valence-corrected chi connectivity index (χ4v) is 4.46. The van der Waals surface area contributed by atoms with Crippen LogP contribution in [0, 0.1) is 0 Å². The van der Waals surface area contributed by atoms with Gasteiger partial charge in [-0.1, -0.05) is 30.1 Å². The molecular weight excluding hydrogens is 307 g/mol. The first kappa shape index (κ1) is 16.7. The molecule has 0 spiro atoms. The van der Waals surface area contributed by atoms with Crippen LogP contribution in [0.5, 0.6) is 0 Å². The normalized spacial score (nSPS) is 12.4. The number of hydrogen-bond acceptors (Lipinski definition) is 3. The zero-order valence-corrected chi connectivity index (χ0v) is 13.5. The summed E-state index contributed by atoms with van der Waals surface area (Å²) in [5.74, 6) is 0. The molecule has 2 N–H and O–H groups in total. The molecule has 0 heterocycles. The Bertz CT molecular complexity index is 559. The molecule has 0 saturated carbocycles. The second-order valence-electron chi connectivity index (χ2n) is 4.34. The Hall–Kier alpha value is -0.330. The molecule has 0 fully saturated rings. The highest BCUT2D eigenvalue weighted by Gasteiger charge is 2.28. The summed E-state index contributed by atoms with van der Waals surface area (Å²) in [6.45, 7) is 5.88. The van der Waals surface area contributed by atoms with Crippen molar-refractivity contribution in [2.45, 2.75) is 38.3 Å². The third-order valence-corrected chi connectivity index (χ3v) is 5.92. The lowest BCUT2D eigenvalue weighted by atomic mass is 10.2. The van der Waals surface area contributed by atoms with Crippen LogP contribution < -0.4 is 5.73 Å². The maximum Gasteiger partial charge on any atom is 0.244 e. The Balaban J connectivity index is 3.46. The highest BCUT2D eigenvalue weighted by atomic mass is 35.5. The molecule has 4 nitrogen and oxygen atoms in total. The van der Waals surface area contributed by atoms with Crippen LogP contribution in [0.2, 0.25) is 10.0 Å². The van der Waals surface area contributed by atoms with Gasteiger partial charge < -0.3 is 5.73 Å². The molecule has 0 aliphatic rings. The number of halogens is 2. The second-order valence-corrected chi connectivity index (χ2v) is 6.99. The number of nitrogens with two attached hydrogens (primary N) is 1. The monoisotopic (exact) mass is 324 g/mol. The molecule has 0 unspecified atom stereocenters. The smallest absolute Gasteiger partial charge is 0.244 e. The van der Waals surface area contributed by atoms with Crippen LogP contribution >= 0.6 is 23.2 Å². The van der Waals surface area contributed by atoms with Gasteiger partial charge in [-0.3, -0.25) is 0 Å². The molecule has 0 atom stereocenters. The van der Waals surface area contributed by atoms with E-state index in [2.05, 4.69) is 0 Å². The van der Waals surface area contributed by atoms with Gasteiger partial charge in [-0.2, -0.15) is 4.31 Å². The van der Waals surface area contributed by atoms with E-state index >= 15 is 0 Å². The minimum Gasteiger partial charge on any atom is -0.326 e. The standard InChI is InChI=1S/C12H18Cl2N2O2S/c1-4-16(8(2)3)19(17,18)11-6-5-10(13)9(7-15)12(11)14/h5-6,8H,4,7,15H2,1-3H3. The van der Waals surface area contributed by atoms with E-state index in [1.54, 1.807) is 6.92 Å². The predicted molar refractivity (Wildman–Crippen MR) is 79.1 cm³/mol. The van der Waals surface area contributed by atoms with Crippen molar-refractivity contribution in [1.29, 1.82) is 0 Å². The van der Waals surface area contributed by atoms with Crippen molar-refractivity contribution < 1.29 is 8.42 Å². The number of benzene rings is 1. The lowest BCUT2D eigenvalue weighted by molar-refractivity contribution is 0.369. The van der Waals surface area contributed by atoms with Crippen LogP contribution in [0.4, 0.5) is 0 Å². The quantitative estimate of drug-likeness (QED) is 0.905. The molecule has 0 saturated heterocycles. The largest absolute Gasteiger partial charge is 0.326 e. The van der Waals surface area contributed by atoms with Gasteiger partial charge in [0.2, 0.25) is 10.0 Å². The molecule has 1 aromatic rings. The van der Waals surface area contributed by atoms with Crippen LogP contribution in [0.15, 0.2) is 17.0 Å². The summed E-state index contributed by atoms with van der Waals surface area (Å²) < 4.78 is 26.5. The van der Waals surface area contributed by atoms with Gasteiger partial charge in [0.05, 0.1) is 5.02 Å². The molecular formula is C12H18Cl2N2O2S. The molecule has 0 aliphatic carbocycles. The molecule has 0 aromatic heterocycles. The first-order chi connectivity index (χ1) is 8.77. The Kier molecular flexibility index (Phi) is 5.65. The van der Waals surface area contributed by atoms with Crippen molar-refractivity contribution in [2.75, 3.05) is 6.54 Å². The highest BCUT2D eigenvalue weighted by Crippen LogP contribution is 2.32. The summed E-state index contributed by atoms with van der Waals surface area (Å²) >= 11 is 12.1. The number of rotatable bonds is 5. The van der Waals surface area contributed by atoms with Crippen molar-refractivity contribution in [3.8, 4) is 0 Å². The summed E-state index contributed by atoms with van der Waals surface area (Å²) in [7, 11) is -3.64. The van der Waals surface area contributed by atoms with Crippen molar-refractivity contribution in [3.05, 3.63) is 27.7 Å². The van der Waals surface area contributed by atoms with Crippen LogP contribution in [-0.4, -0.2) is 25.3 Å². The zero-order valence-electron chi connectivity index (χ0n) is 11.2. The van der Waals surface area contributed by atoms with Gasteiger partial charge in [0.15, 0.2) is 0 Å². The zero-order chi connectivity index (χ0) is 14.8. The molecule has 7 heteroatoms. The molecule has 0 aliphatic heterocycles. The maximum absolute atomic E-state index is 12.6. The summed E-state index contributed by atoms with van der Waals surface area (Å²) in [5.41, 5.74) is 6.00. The molecule has 0 radical (unpaired) electrons. The topological polar surface area (TPSA) is 63.4 Å². The highest BCUT2D eigenvalue weighted by molar-refractivity contribution is 7.89. The third kappa shape index (κ3) is 3.23. The van der Waals surface area contributed by atoms with E-state index in [1.165, 1.54) is 16.4 Å². The van der Waals surface area contributed by atoms with E-state index in [1.807, 2.05) is 13.8 Å². The molecule has 0 bridgehead atoms. The van der Waals surface area contributed by atoms with Crippen LogP contribution in [0.25, 0.3) is 0 Å². The summed E-state index contributed by atoms with van der Waals surface area (Å²) in [6.07, 6.45) is 0. The molecule has 1 rings (SSSR count). The van der Waals surface area contributed by atoms with Gasteiger partial charge in [-0.25, -0.2) is 8.42 Å². The Morgan fingerprint density at radius 3 is 2.32 bits per heavy atom. The van der Waals surface area contributed by atoms with Gasteiger partial charge in [0.1, 0.15) is 4.90 Å². The lowest BCUT2D eigenvalue weighted by Gasteiger charge is -2.25. The van der Waals surface area contributed by atoms with E-state index in [0.29, 0.717) is 17.1 Å². The second kappa shape index (κ2) is 6.41. The molecule has 108 valence electrons. The fourth-order valence-electron chi connectivity index (χ4n) is 1.90. The SMILES string of the molecule is CCN(C(C)C)S(=O)(=O)c1ccc(Cl)c(CN)c1Cl. The third-order valence-electron chi connectivity index (χ3n) is 2.83. The minimum absolute atomic E-state index is 0.0505. The van der Waals surface area contributed by atoms with Crippen LogP contribution in [0.1, 0.15) is 26.3 Å². The predicted octanol–water partition coefficient (Wildman–Crippen LogP) is 2.87. The van der Waals surface area contributed by atoms with E-state index in [-0.39, 0.29) is 22.5 Å². The van der Waals surface area contributed by atoms with Crippen LogP contribution in [0.3, 0.4) is 0 Å². The number of sulfonamides is 1. The first-order valence-corrected chi connectivity index (χ1v) is 8.15. The molecule has 19 heavy (non-hydrogen) atoms. The van der Waals surface area contributed by atoms with E-state index in [0.717, 1.165) is 0 Å². The van der Waals surface area contributed by atoms with Crippen molar-refractivity contribution >= 4 is 33.2 Å². The molecule has 0 amide bonds. The summed E-state index contributed by atoms with van der Waals surface area (Å²) in [4.78, 5) is 0.0505. The van der Waals surface area contributed by atoms with E-state index < -0.39 is 10.0 Å². The van der Waals surface area contributed by atoms with Crippen molar-refractivity contribution in [3.63, 3.8) is 0 Å². The van der Waals surface area contributed by atoms with Gasteiger partial charge in [0, 0.05) is 29.7 Å². The van der Waals surface area contributed by atoms with E-state index in [4.69, 9.17) is 28.9 Å². The first-order valence-electron chi connectivity index (χ1n) is 5.96. The molecule has 1 aromatic carbocycles. The van der Waals surface area contributed by atoms with Gasteiger partial charge in [-0.15, -0.1) is 0 Å². The number of hydrogen-bond donors (Lipinski definition) is 1. The van der Waals surface area contributed by atoms with Crippen molar-refractivity contribution in [1.82, 2.24) is 4.31 Å². The Labute approximate surface area is 124 Å². The Morgan fingerprint density at radius 2 is 1.89 bits per heavy atom. The summed E-state index contributed by atoms with van der Waals surface area (Å²) in [5, 5.41) is 0.480. The number of nitrogens with zero attached hydrogens (tertiary/aromatic N) is 1. The maximum atomic E-state index is 12.6. The van der Waals surface area contributed by atoms with E-state index in [9.17, 15) is 8.42 Å². The van der Waals surface area contributed by atoms with Crippen molar-refractivity contribution in [2.24, 2.45) is 5.73 Å². The fraction of sp³-hybridized carbons (Fsp3) is 0.500.